The van der Waals surface area contributed by atoms with E-state index in [0.29, 0.717) is 0 Å². The van der Waals surface area contributed by atoms with E-state index in [0.717, 1.165) is 12.2 Å². The Morgan fingerprint density at radius 2 is 2.62 bits per heavy atom. The molecule has 1 heterocycles. The highest BCUT2D eigenvalue weighted by atomic mass is 32.2. The van der Waals surface area contributed by atoms with Crippen molar-refractivity contribution in [1.82, 2.24) is 0 Å². The van der Waals surface area contributed by atoms with E-state index >= 15 is 0 Å². The molecule has 1 saturated heterocycles. The molecule has 0 radical (unpaired) electrons. The van der Waals surface area contributed by atoms with Gasteiger partial charge in [0.05, 0.1) is 0 Å². The van der Waals surface area contributed by atoms with Crippen LogP contribution in [-0.2, 0) is 9.53 Å². The molecular weight excluding hydrogens is 124 g/mol. The Morgan fingerprint density at radius 1 is 1.88 bits per heavy atom. The van der Waals surface area contributed by atoms with Crippen molar-refractivity contribution in [2.24, 2.45) is 0 Å². The molecule has 0 aromatic rings. The average Bonchev–Trinajstić information content (AvgIpc) is 2.14. The normalized spacial score (nSPS) is 29.1. The van der Waals surface area contributed by atoms with Crippen molar-refractivity contribution in [3.63, 3.8) is 0 Å². The molecule has 1 fully saturated rings. The highest BCUT2D eigenvalue weighted by Gasteiger charge is 2.24. The van der Waals surface area contributed by atoms with Gasteiger partial charge in [0.25, 0.3) is 0 Å². The fourth-order valence-electron chi connectivity index (χ4n) is 0.691. The number of methoxy groups -OCH3 is 1. The minimum Gasteiger partial charge on any atom is -0.373 e. The van der Waals surface area contributed by atoms with Gasteiger partial charge in [-0.15, -0.1) is 0 Å². The summed E-state index contributed by atoms with van der Waals surface area (Å²) in [7, 11) is 1.58. The number of thioether (sulfide) groups is 1. The van der Waals surface area contributed by atoms with Crippen molar-refractivity contribution in [1.29, 1.82) is 0 Å². The first kappa shape index (κ1) is 6.11. The van der Waals surface area contributed by atoms with Gasteiger partial charge in [0.15, 0.2) is 0 Å². The van der Waals surface area contributed by atoms with Crippen molar-refractivity contribution >= 4 is 16.9 Å². The van der Waals surface area contributed by atoms with Crippen LogP contribution in [0.25, 0.3) is 0 Å². The molecule has 8 heavy (non-hydrogen) atoms. The highest BCUT2D eigenvalue weighted by molar-refractivity contribution is 8.14. The molecule has 46 valence electrons. The van der Waals surface area contributed by atoms with Gasteiger partial charge >= 0.3 is 0 Å². The number of carbonyl (C=O) groups excluding carboxylic acids is 1. The second kappa shape index (κ2) is 2.51. The molecule has 0 spiro atoms. The van der Waals surface area contributed by atoms with Crippen LogP contribution < -0.4 is 0 Å². The van der Waals surface area contributed by atoms with E-state index in [4.69, 9.17) is 4.74 Å². The summed E-state index contributed by atoms with van der Waals surface area (Å²) in [5.74, 6) is 0.928. The summed E-state index contributed by atoms with van der Waals surface area (Å²) in [4.78, 5) is 10.6. The molecule has 0 saturated carbocycles. The van der Waals surface area contributed by atoms with Crippen LogP contribution in [-0.4, -0.2) is 24.1 Å². The number of hydrogen-bond acceptors (Lipinski definition) is 3. The predicted molar refractivity (Wildman–Crippen MR) is 32.9 cm³/mol. The van der Waals surface area contributed by atoms with E-state index in [1.807, 2.05) is 0 Å². The zero-order chi connectivity index (χ0) is 5.98. The Labute approximate surface area is 52.6 Å². The standard InChI is InChI=1S/C5H8O2S/c1-7-4-2-3-8-5(4)6/h4H,2-3H2,1H3. The first-order chi connectivity index (χ1) is 3.84. The van der Waals surface area contributed by atoms with Gasteiger partial charge < -0.3 is 4.74 Å². The Hall–Kier alpha value is -0.0200. The van der Waals surface area contributed by atoms with Crippen molar-refractivity contribution in [3.05, 3.63) is 0 Å². The second-order valence-electron chi connectivity index (χ2n) is 1.68. The summed E-state index contributed by atoms with van der Waals surface area (Å²) in [6.45, 7) is 0. The van der Waals surface area contributed by atoms with Crippen molar-refractivity contribution in [2.75, 3.05) is 12.9 Å². The lowest BCUT2D eigenvalue weighted by atomic mass is 10.3. The van der Waals surface area contributed by atoms with Crippen molar-refractivity contribution < 1.29 is 9.53 Å². The fraction of sp³-hybridized carbons (Fsp3) is 0.800. The number of rotatable bonds is 1. The van der Waals surface area contributed by atoms with E-state index < -0.39 is 0 Å². The first-order valence-electron chi connectivity index (χ1n) is 2.54. The van der Waals surface area contributed by atoms with Gasteiger partial charge in [-0.25, -0.2) is 0 Å². The lowest BCUT2D eigenvalue weighted by Gasteiger charge is -2.00. The van der Waals surface area contributed by atoms with Crippen LogP contribution in [0.2, 0.25) is 0 Å². The molecule has 1 aliphatic heterocycles. The monoisotopic (exact) mass is 132 g/mol. The van der Waals surface area contributed by atoms with Crippen LogP contribution in [0.15, 0.2) is 0 Å². The van der Waals surface area contributed by atoms with E-state index in [-0.39, 0.29) is 11.2 Å². The summed E-state index contributed by atoms with van der Waals surface area (Å²) in [5.41, 5.74) is 0. The van der Waals surface area contributed by atoms with E-state index in [2.05, 4.69) is 0 Å². The van der Waals surface area contributed by atoms with Gasteiger partial charge in [0.2, 0.25) is 5.12 Å². The van der Waals surface area contributed by atoms with Gasteiger partial charge in [0, 0.05) is 12.9 Å². The van der Waals surface area contributed by atoms with E-state index in [1.54, 1.807) is 7.11 Å². The van der Waals surface area contributed by atoms with E-state index in [9.17, 15) is 4.79 Å². The van der Waals surface area contributed by atoms with Crippen LogP contribution in [0.5, 0.6) is 0 Å². The molecule has 0 bridgehead atoms. The maximum Gasteiger partial charge on any atom is 0.217 e. The van der Waals surface area contributed by atoms with Crippen molar-refractivity contribution in [3.8, 4) is 0 Å². The quantitative estimate of drug-likeness (QED) is 0.524. The molecule has 0 aromatic heterocycles. The molecule has 0 N–H and O–H groups in total. The lowest BCUT2D eigenvalue weighted by molar-refractivity contribution is -0.119. The molecule has 0 amide bonds. The Morgan fingerprint density at radius 3 is 2.88 bits per heavy atom. The van der Waals surface area contributed by atoms with Crippen LogP contribution in [0.1, 0.15) is 6.42 Å². The topological polar surface area (TPSA) is 26.3 Å². The SMILES string of the molecule is COC1CCSC1=O. The maximum absolute atomic E-state index is 10.6. The van der Waals surface area contributed by atoms with Gasteiger partial charge in [-0.2, -0.15) is 0 Å². The fourth-order valence-corrected chi connectivity index (χ4v) is 1.62. The molecule has 2 nitrogen and oxygen atoms in total. The summed E-state index contributed by atoms with van der Waals surface area (Å²) >= 11 is 1.37. The second-order valence-corrected chi connectivity index (χ2v) is 2.78. The van der Waals surface area contributed by atoms with Crippen LogP contribution >= 0.6 is 11.8 Å². The Bertz CT molecular complexity index is 103. The van der Waals surface area contributed by atoms with Crippen LogP contribution in [0.4, 0.5) is 0 Å². The minimum atomic E-state index is -0.111. The summed E-state index contributed by atoms with van der Waals surface area (Å²) in [5, 5.41) is 0.188. The molecule has 1 atom stereocenters. The third-order valence-corrected chi connectivity index (χ3v) is 2.16. The zero-order valence-electron chi connectivity index (χ0n) is 4.72. The van der Waals surface area contributed by atoms with Crippen LogP contribution in [0.3, 0.4) is 0 Å². The number of carbonyl (C=O) groups is 1. The smallest absolute Gasteiger partial charge is 0.217 e. The molecule has 0 aliphatic carbocycles. The average molecular weight is 132 g/mol. The van der Waals surface area contributed by atoms with Crippen molar-refractivity contribution in [2.45, 2.75) is 12.5 Å². The van der Waals surface area contributed by atoms with Gasteiger partial charge in [-0.05, 0) is 6.42 Å². The summed E-state index contributed by atoms with van der Waals surface area (Å²) in [6, 6.07) is 0. The highest BCUT2D eigenvalue weighted by Crippen LogP contribution is 2.20. The lowest BCUT2D eigenvalue weighted by Crippen LogP contribution is -2.13. The molecule has 3 heteroatoms. The molecular formula is C5H8O2S. The number of ether oxygens (including phenoxy) is 1. The molecule has 1 unspecified atom stereocenters. The Kier molecular flexibility index (Phi) is 1.91. The van der Waals surface area contributed by atoms with Gasteiger partial charge in [-0.1, -0.05) is 11.8 Å². The zero-order valence-corrected chi connectivity index (χ0v) is 5.53. The molecule has 1 aliphatic rings. The summed E-state index contributed by atoms with van der Waals surface area (Å²) < 4.78 is 4.85. The predicted octanol–water partition coefficient (Wildman–Crippen LogP) is 0.665. The Balaban J connectivity index is 2.42. The van der Waals surface area contributed by atoms with E-state index in [1.165, 1.54) is 11.8 Å². The third-order valence-electron chi connectivity index (χ3n) is 1.17. The van der Waals surface area contributed by atoms with Gasteiger partial charge in [0.1, 0.15) is 6.10 Å². The number of hydrogen-bond donors (Lipinski definition) is 0. The third kappa shape index (κ3) is 1.03. The molecule has 0 aromatic carbocycles. The molecule has 1 rings (SSSR count). The first-order valence-corrected chi connectivity index (χ1v) is 3.52. The minimum absolute atomic E-state index is 0.111. The largest absolute Gasteiger partial charge is 0.373 e. The van der Waals surface area contributed by atoms with Gasteiger partial charge in [-0.3, -0.25) is 4.79 Å². The maximum atomic E-state index is 10.6. The van der Waals surface area contributed by atoms with Crippen LogP contribution in [0, 0.1) is 0 Å². The summed E-state index contributed by atoms with van der Waals surface area (Å²) in [6.07, 6.45) is 0.778.